The van der Waals surface area contributed by atoms with Gasteiger partial charge in [-0.15, -0.1) is 0 Å². The highest BCUT2D eigenvalue weighted by molar-refractivity contribution is 5.97. The second kappa shape index (κ2) is 11.6. The van der Waals surface area contributed by atoms with Gasteiger partial charge in [0.15, 0.2) is 0 Å². The first-order valence-corrected chi connectivity index (χ1v) is 20.6. The monoisotopic (exact) mass is 736 g/mol. The maximum absolute atomic E-state index is 7.21. The van der Waals surface area contributed by atoms with Crippen LogP contribution in [0, 0.1) is 0 Å². The zero-order valence-electron chi connectivity index (χ0n) is 32.9. The Balaban J connectivity index is 1.14. The van der Waals surface area contributed by atoms with Crippen LogP contribution in [0.4, 0.5) is 11.4 Å². The van der Waals surface area contributed by atoms with Gasteiger partial charge in [-0.25, -0.2) is 0 Å². The molecule has 1 aromatic heterocycles. The molecule has 0 saturated heterocycles. The summed E-state index contributed by atoms with van der Waals surface area (Å²) in [6, 6.07) is 52.0. The Morgan fingerprint density at radius 3 is 2.18 bits per heavy atom. The molecule has 0 radical (unpaired) electrons. The molecule has 7 aromatic rings. The molecule has 3 heteroatoms. The largest absolute Gasteiger partial charge is 0.483 e. The normalized spacial score (nSPS) is 19.8. The van der Waals surface area contributed by atoms with Gasteiger partial charge in [0.1, 0.15) is 11.9 Å². The van der Waals surface area contributed by atoms with Gasteiger partial charge in [0.25, 0.3) is 0 Å². The maximum Gasteiger partial charge on any atom is 0.150 e. The van der Waals surface area contributed by atoms with E-state index in [1.165, 1.54) is 83.6 Å². The molecule has 2 heterocycles. The van der Waals surface area contributed by atoms with E-state index >= 15 is 0 Å². The van der Waals surface area contributed by atoms with E-state index in [1.54, 1.807) is 0 Å². The van der Waals surface area contributed by atoms with Gasteiger partial charge in [-0.2, -0.15) is 0 Å². The summed E-state index contributed by atoms with van der Waals surface area (Å²) >= 11 is 0. The lowest BCUT2D eigenvalue weighted by Gasteiger charge is -2.38. The van der Waals surface area contributed by atoms with Crippen LogP contribution in [-0.2, 0) is 17.3 Å². The smallest absolute Gasteiger partial charge is 0.150 e. The maximum atomic E-state index is 7.21. The Bertz CT molecular complexity index is 2950. The molecule has 2 unspecified atom stereocenters. The molecule has 2 atom stereocenters. The van der Waals surface area contributed by atoms with Crippen molar-refractivity contribution in [1.29, 1.82) is 0 Å². The van der Waals surface area contributed by atoms with Crippen molar-refractivity contribution in [3.8, 4) is 22.6 Å². The molecule has 0 bridgehead atoms. The Morgan fingerprint density at radius 1 is 0.649 bits per heavy atom. The van der Waals surface area contributed by atoms with Crippen LogP contribution in [0.2, 0.25) is 0 Å². The van der Waals surface area contributed by atoms with E-state index in [0.717, 1.165) is 30.0 Å². The van der Waals surface area contributed by atoms with Gasteiger partial charge >= 0.3 is 0 Å². The van der Waals surface area contributed by atoms with Gasteiger partial charge in [-0.3, -0.25) is 0 Å². The first-order chi connectivity index (χ1) is 27.8. The number of hydrogen-bond acceptors (Lipinski definition) is 2. The van der Waals surface area contributed by atoms with Crippen LogP contribution in [0.1, 0.15) is 79.1 Å². The van der Waals surface area contributed by atoms with Crippen molar-refractivity contribution >= 4 is 33.9 Å². The average Bonchev–Trinajstić information content (AvgIpc) is 3.92. The van der Waals surface area contributed by atoms with E-state index in [2.05, 4.69) is 195 Å². The topological polar surface area (TPSA) is 17.4 Å². The summed E-state index contributed by atoms with van der Waals surface area (Å²) in [7, 11) is 0. The number of para-hydroxylation sites is 2. The molecule has 0 saturated carbocycles. The summed E-state index contributed by atoms with van der Waals surface area (Å²) in [4.78, 5) is 2.54. The molecule has 3 nitrogen and oxygen atoms in total. The van der Waals surface area contributed by atoms with Crippen LogP contribution in [0.3, 0.4) is 0 Å². The first-order valence-electron chi connectivity index (χ1n) is 20.6. The van der Waals surface area contributed by atoms with Crippen molar-refractivity contribution < 1.29 is 4.74 Å². The number of ether oxygens (including phenoxy) is 1. The lowest BCUT2D eigenvalue weighted by Crippen LogP contribution is -2.35. The van der Waals surface area contributed by atoms with Crippen LogP contribution >= 0.6 is 0 Å². The molecule has 276 valence electrons. The Labute approximate surface area is 334 Å². The molecule has 1 aliphatic heterocycles. The Morgan fingerprint density at radius 2 is 1.33 bits per heavy atom. The van der Waals surface area contributed by atoms with E-state index in [0.29, 0.717) is 0 Å². The lowest BCUT2D eigenvalue weighted by molar-refractivity contribution is 0.255. The molecule has 12 rings (SSSR count). The highest BCUT2D eigenvalue weighted by Crippen LogP contribution is 2.61. The highest BCUT2D eigenvalue weighted by Gasteiger charge is 2.51. The van der Waals surface area contributed by atoms with Crippen LogP contribution in [0.15, 0.2) is 163 Å². The van der Waals surface area contributed by atoms with Gasteiger partial charge in [-0.05, 0) is 106 Å². The van der Waals surface area contributed by atoms with Crippen LogP contribution in [0.5, 0.6) is 5.75 Å². The number of benzene rings is 6. The standard InChI is InChI=1S/C54H44N2O/c1-53(2)42-22-12-8-18-36(42)37-28-26-34(30-44(37)53)55(35-27-29-39-38-19-10-14-24-46(38)56(47(39)31-35)33-16-6-5-7-17-33)48-32-45-50(40-20-9-13-23-43(40)54(45,3)4)51-41-21-11-15-25-49(41)57-52(48)51/h5-13,15-23,25-32,51-52H,14,24H2,1-4H3. The molecule has 4 aliphatic carbocycles. The molecule has 0 N–H and O–H groups in total. The molecule has 57 heavy (non-hydrogen) atoms. The van der Waals surface area contributed by atoms with E-state index in [1.807, 2.05) is 0 Å². The minimum absolute atomic E-state index is 0.0612. The zero-order valence-corrected chi connectivity index (χ0v) is 32.9. The summed E-state index contributed by atoms with van der Waals surface area (Å²) in [5.41, 5.74) is 20.5. The van der Waals surface area contributed by atoms with Gasteiger partial charge < -0.3 is 14.2 Å². The molecule has 5 aliphatic rings. The quantitative estimate of drug-likeness (QED) is 0.179. The fourth-order valence-corrected chi connectivity index (χ4v) is 11.2. The van der Waals surface area contributed by atoms with Crippen molar-refractivity contribution in [2.45, 2.75) is 63.4 Å². The van der Waals surface area contributed by atoms with Gasteiger partial charge in [0, 0.05) is 50.1 Å². The second-order valence-corrected chi connectivity index (χ2v) is 17.5. The summed E-state index contributed by atoms with van der Waals surface area (Å²) in [5.74, 6) is 1.04. The number of hydrogen-bond donors (Lipinski definition) is 0. The third-order valence-electron chi connectivity index (χ3n) is 13.8. The molecule has 0 amide bonds. The molecule has 0 spiro atoms. The van der Waals surface area contributed by atoms with E-state index in [4.69, 9.17) is 4.74 Å². The summed E-state index contributed by atoms with van der Waals surface area (Å²) in [5, 5.41) is 1.29. The second-order valence-electron chi connectivity index (χ2n) is 17.5. The predicted octanol–water partition coefficient (Wildman–Crippen LogP) is 13.2. The summed E-state index contributed by atoms with van der Waals surface area (Å²) in [6.45, 7) is 9.57. The van der Waals surface area contributed by atoms with Crippen molar-refractivity contribution in [2.24, 2.45) is 0 Å². The average molecular weight is 737 g/mol. The minimum Gasteiger partial charge on any atom is -0.483 e. The SMILES string of the molecule is CC1(C)C2=C(c3ccccc31)C1c3ccccc3OC1C(N(c1ccc3c(c1)C(C)(C)c1ccccc1-3)c1ccc3c4c(n(-c5ccccc5)c3c1)CCC=C4)=C2. The lowest BCUT2D eigenvalue weighted by atomic mass is 9.75. The van der Waals surface area contributed by atoms with Crippen molar-refractivity contribution in [2.75, 3.05) is 4.90 Å². The summed E-state index contributed by atoms with van der Waals surface area (Å²) in [6.07, 6.45) is 9.02. The number of aromatic nitrogens is 1. The molecular formula is C54H44N2O. The van der Waals surface area contributed by atoms with E-state index in [-0.39, 0.29) is 22.9 Å². The Kier molecular flexibility index (Phi) is 6.70. The number of nitrogens with zero attached hydrogens (tertiary/aromatic N) is 2. The van der Waals surface area contributed by atoms with Crippen LogP contribution < -0.4 is 9.64 Å². The van der Waals surface area contributed by atoms with Crippen LogP contribution in [0.25, 0.3) is 39.4 Å². The third kappa shape index (κ3) is 4.43. The van der Waals surface area contributed by atoms with Gasteiger partial charge in [-0.1, -0.05) is 137 Å². The number of allylic oxidation sites excluding steroid dienone is 3. The number of anilines is 2. The third-order valence-corrected chi connectivity index (χ3v) is 13.8. The van der Waals surface area contributed by atoms with Crippen molar-refractivity contribution in [3.63, 3.8) is 0 Å². The zero-order chi connectivity index (χ0) is 38.2. The minimum atomic E-state index is -0.214. The first kappa shape index (κ1) is 32.9. The fourth-order valence-electron chi connectivity index (χ4n) is 11.2. The fraction of sp³-hybridized carbons (Fsp3) is 0.185. The van der Waals surface area contributed by atoms with E-state index in [9.17, 15) is 0 Å². The van der Waals surface area contributed by atoms with E-state index < -0.39 is 0 Å². The highest BCUT2D eigenvalue weighted by atomic mass is 16.5. The summed E-state index contributed by atoms with van der Waals surface area (Å²) < 4.78 is 9.72. The van der Waals surface area contributed by atoms with Gasteiger partial charge in [0.05, 0.1) is 17.1 Å². The number of rotatable bonds is 4. The Hall–Kier alpha value is -6.32. The van der Waals surface area contributed by atoms with Crippen LogP contribution in [-0.4, -0.2) is 10.7 Å². The van der Waals surface area contributed by atoms with Gasteiger partial charge in [0.2, 0.25) is 0 Å². The van der Waals surface area contributed by atoms with Crippen molar-refractivity contribution in [3.05, 3.63) is 202 Å². The molecular weight excluding hydrogens is 693 g/mol. The molecule has 0 fully saturated rings. The van der Waals surface area contributed by atoms with Crippen molar-refractivity contribution in [1.82, 2.24) is 4.57 Å². The number of fused-ring (bicyclic) bond motifs is 12. The predicted molar refractivity (Wildman–Crippen MR) is 235 cm³/mol. The molecule has 6 aromatic carbocycles.